The normalized spacial score (nSPS) is 15.1. The fourth-order valence-corrected chi connectivity index (χ4v) is 9.68. The molecule has 3 aromatic heterocycles. The number of benzene rings is 4. The van der Waals surface area contributed by atoms with E-state index in [0.717, 1.165) is 16.9 Å². The molecule has 0 unspecified atom stereocenters. The summed E-state index contributed by atoms with van der Waals surface area (Å²) in [7, 11) is 0. The molecule has 0 spiro atoms. The Labute approximate surface area is 430 Å². The minimum Gasteiger partial charge on any atom is -0.368 e. The van der Waals surface area contributed by atoms with Crippen molar-refractivity contribution in [1.29, 1.82) is 0 Å². The first-order valence-electron chi connectivity index (χ1n) is 23.0. The minimum absolute atomic E-state index is 0.320. The Morgan fingerprint density at radius 1 is 0.634 bits per heavy atom. The molecule has 71 heavy (non-hydrogen) atoms. The maximum atomic E-state index is 13.2. The van der Waals surface area contributed by atoms with E-state index in [-0.39, 0.29) is 11.8 Å². The van der Waals surface area contributed by atoms with Gasteiger partial charge in [-0.1, -0.05) is 84.5 Å². The fourth-order valence-electron chi connectivity index (χ4n) is 8.99. The first-order chi connectivity index (χ1) is 34.3. The average molecular weight is 1040 g/mol. The number of rotatable bonds is 14. The highest BCUT2D eigenvalue weighted by molar-refractivity contribution is 6.34. The highest BCUT2D eigenvalue weighted by Crippen LogP contribution is 2.38. The van der Waals surface area contributed by atoms with E-state index in [4.69, 9.17) is 62.9 Å². The molecule has 2 aliphatic heterocycles. The number of primary amides is 2. The number of imidazole rings is 1. The van der Waals surface area contributed by atoms with Crippen molar-refractivity contribution in [2.24, 2.45) is 11.5 Å². The van der Waals surface area contributed by atoms with Crippen LogP contribution in [0.2, 0.25) is 20.1 Å². The molecule has 0 atom stereocenters. The summed E-state index contributed by atoms with van der Waals surface area (Å²) in [4.78, 5) is 64.9. The number of fused-ring (bicyclic) bond motifs is 1. The standard InChI is InChI=1S/C25H27Cl2N7O2.C25H25Cl2N7O/c1-2-31-25(24(28)36)11-13-34(14-12-25)22-20(33-23(35)18-5-3-4-6-19(18)27)21(29-15-30-22)32-17-9-7-16(26)8-10-17;1-2-31-25(24(28)35)11-13-33(14-12-25)22-20-23(30-15-29-22)34(17-9-7-16(26)8-10-17)21(32-20)18-5-3-4-6-19(18)27/h3-10,15,31H,2,11-14H2,1H3,(H2,28,36)(H,33,35)(H,29,30,32);3-10,15,31H,2,11-14H2,1H3,(H2,28,35). The lowest BCUT2D eigenvalue weighted by atomic mass is 9.86. The van der Waals surface area contributed by atoms with Crippen LogP contribution < -0.4 is 42.5 Å². The molecule has 4 aromatic carbocycles. The third-order valence-corrected chi connectivity index (χ3v) is 13.9. The van der Waals surface area contributed by atoms with Gasteiger partial charge < -0.3 is 42.5 Å². The number of likely N-dealkylation sites (N-methyl/N-ethyl adjacent to an activating group) is 2. The SMILES string of the molecule is CCNC1(C(N)=O)CCN(c2ncnc(Nc3ccc(Cl)cc3)c2NC(=O)c2ccccc2Cl)CC1.CCNC1(C(N)=O)CCN(c2ncnc3c2nc(-c2ccccc2Cl)n3-c2ccc(Cl)cc2)CC1. The Bertz CT molecular complexity index is 3030. The van der Waals surface area contributed by atoms with E-state index in [9.17, 15) is 14.4 Å². The largest absolute Gasteiger partial charge is 0.368 e. The predicted octanol–water partition coefficient (Wildman–Crippen LogP) is 8.44. The zero-order valence-electron chi connectivity index (χ0n) is 38.9. The van der Waals surface area contributed by atoms with Crippen LogP contribution in [0.4, 0.5) is 28.8 Å². The first-order valence-corrected chi connectivity index (χ1v) is 24.5. The lowest BCUT2D eigenvalue weighted by Crippen LogP contribution is -2.61. The van der Waals surface area contributed by atoms with E-state index < -0.39 is 17.0 Å². The van der Waals surface area contributed by atoms with Crippen LogP contribution >= 0.6 is 46.4 Å². The van der Waals surface area contributed by atoms with Gasteiger partial charge in [0.1, 0.15) is 35.2 Å². The molecule has 2 fully saturated rings. The molecular weight excluding hydrogens is 986 g/mol. The van der Waals surface area contributed by atoms with Crippen LogP contribution in [0.15, 0.2) is 110 Å². The summed E-state index contributed by atoms with van der Waals surface area (Å²) >= 11 is 25.0. The van der Waals surface area contributed by atoms with Crippen molar-refractivity contribution in [3.63, 3.8) is 0 Å². The molecule has 2 saturated heterocycles. The number of carbonyl (C=O) groups is 3. The van der Waals surface area contributed by atoms with Gasteiger partial charge in [0.05, 0.1) is 15.6 Å². The monoisotopic (exact) mass is 1040 g/mol. The van der Waals surface area contributed by atoms with Crippen LogP contribution in [0, 0.1) is 0 Å². The molecule has 5 heterocycles. The summed E-state index contributed by atoms with van der Waals surface area (Å²) in [5.41, 5.74) is 14.4. The quantitative estimate of drug-likeness (QED) is 0.0602. The maximum absolute atomic E-state index is 13.2. The van der Waals surface area contributed by atoms with Gasteiger partial charge in [-0.05, 0) is 112 Å². The summed E-state index contributed by atoms with van der Waals surface area (Å²) in [6.07, 6.45) is 5.13. The van der Waals surface area contributed by atoms with Crippen molar-refractivity contribution in [2.45, 2.75) is 50.6 Å². The topological polar surface area (TPSA) is 227 Å². The average Bonchev–Trinajstić information content (AvgIpc) is 3.76. The molecule has 0 aliphatic carbocycles. The molecule has 368 valence electrons. The molecule has 0 saturated carbocycles. The Balaban J connectivity index is 0.000000190. The van der Waals surface area contributed by atoms with Gasteiger partial charge in [-0.15, -0.1) is 0 Å². The number of hydrogen-bond acceptors (Lipinski definition) is 13. The third kappa shape index (κ3) is 11.0. The second kappa shape index (κ2) is 22.2. The summed E-state index contributed by atoms with van der Waals surface area (Å²) < 4.78 is 1.97. The second-order valence-electron chi connectivity index (χ2n) is 17.0. The molecule has 8 N–H and O–H groups in total. The Kier molecular flexibility index (Phi) is 15.9. The number of amides is 3. The van der Waals surface area contributed by atoms with Crippen LogP contribution in [-0.4, -0.2) is 97.6 Å². The number of anilines is 5. The second-order valence-corrected chi connectivity index (χ2v) is 18.7. The zero-order chi connectivity index (χ0) is 50.3. The summed E-state index contributed by atoms with van der Waals surface area (Å²) in [6.45, 7) is 7.44. The van der Waals surface area contributed by atoms with E-state index >= 15 is 0 Å². The van der Waals surface area contributed by atoms with Gasteiger partial charge in [-0.2, -0.15) is 0 Å². The number of halogens is 4. The summed E-state index contributed by atoms with van der Waals surface area (Å²) in [5.74, 6) is 1.21. The minimum atomic E-state index is -0.774. The molecule has 17 nitrogen and oxygen atoms in total. The van der Waals surface area contributed by atoms with Crippen molar-refractivity contribution >= 4 is 104 Å². The van der Waals surface area contributed by atoms with Crippen molar-refractivity contribution in [2.75, 3.05) is 59.7 Å². The number of aromatic nitrogens is 6. The smallest absolute Gasteiger partial charge is 0.257 e. The zero-order valence-corrected chi connectivity index (χ0v) is 42.0. The lowest BCUT2D eigenvalue weighted by Gasteiger charge is -2.41. The van der Waals surface area contributed by atoms with Gasteiger partial charge in [0.15, 0.2) is 28.6 Å². The van der Waals surface area contributed by atoms with Gasteiger partial charge in [0.2, 0.25) is 11.8 Å². The molecule has 21 heteroatoms. The van der Waals surface area contributed by atoms with Crippen LogP contribution in [0.1, 0.15) is 49.9 Å². The van der Waals surface area contributed by atoms with E-state index in [1.807, 2.05) is 84.0 Å². The fraction of sp³-hybridized carbons (Fsp3) is 0.280. The molecule has 2 aliphatic rings. The molecule has 3 amide bonds. The van der Waals surface area contributed by atoms with Crippen molar-refractivity contribution < 1.29 is 14.4 Å². The van der Waals surface area contributed by atoms with Gasteiger partial charge >= 0.3 is 0 Å². The third-order valence-electron chi connectivity index (χ3n) is 12.7. The van der Waals surface area contributed by atoms with Gasteiger partial charge in [-0.25, -0.2) is 24.9 Å². The number of nitrogens with one attached hydrogen (secondary N) is 4. The molecule has 9 rings (SSSR count). The van der Waals surface area contributed by atoms with E-state index in [2.05, 4.69) is 46.1 Å². The van der Waals surface area contributed by atoms with E-state index in [1.54, 1.807) is 42.7 Å². The van der Waals surface area contributed by atoms with Crippen molar-refractivity contribution in [1.82, 2.24) is 40.1 Å². The van der Waals surface area contributed by atoms with Crippen molar-refractivity contribution in [3.8, 4) is 17.1 Å². The molecule has 0 radical (unpaired) electrons. The van der Waals surface area contributed by atoms with Crippen molar-refractivity contribution in [3.05, 3.63) is 135 Å². The molecular formula is C50H52Cl4N14O3. The van der Waals surface area contributed by atoms with Gasteiger partial charge in [0.25, 0.3) is 5.91 Å². The Morgan fingerprint density at radius 3 is 1.72 bits per heavy atom. The molecule has 7 aromatic rings. The summed E-state index contributed by atoms with van der Waals surface area (Å²) in [5, 5.41) is 14.9. The first kappa shape index (κ1) is 50.8. The summed E-state index contributed by atoms with van der Waals surface area (Å²) in [6, 6.07) is 29.0. The highest BCUT2D eigenvalue weighted by Gasteiger charge is 2.41. The van der Waals surface area contributed by atoms with Crippen LogP contribution in [0.25, 0.3) is 28.2 Å². The number of piperidine rings is 2. The maximum Gasteiger partial charge on any atom is 0.257 e. The number of carbonyl (C=O) groups excluding carboxylic acids is 3. The Morgan fingerprint density at radius 2 is 1.15 bits per heavy atom. The van der Waals surface area contributed by atoms with Crippen LogP contribution in [-0.2, 0) is 9.59 Å². The Hall–Kier alpha value is -6.60. The van der Waals surface area contributed by atoms with E-state index in [1.165, 1.54) is 6.33 Å². The van der Waals surface area contributed by atoms with Gasteiger partial charge in [0, 0.05) is 53.2 Å². The highest BCUT2D eigenvalue weighted by atomic mass is 35.5. The number of nitrogens with two attached hydrogens (primary N) is 2. The predicted molar refractivity (Wildman–Crippen MR) is 282 cm³/mol. The lowest BCUT2D eigenvalue weighted by molar-refractivity contribution is -0.126. The van der Waals surface area contributed by atoms with Gasteiger partial charge in [-0.3, -0.25) is 19.0 Å². The van der Waals surface area contributed by atoms with Crippen LogP contribution in [0.5, 0.6) is 0 Å². The number of hydrogen-bond donors (Lipinski definition) is 6. The number of nitrogens with zero attached hydrogens (tertiary/aromatic N) is 8. The molecule has 0 bridgehead atoms. The van der Waals surface area contributed by atoms with E-state index in [0.29, 0.717) is 131 Å². The van der Waals surface area contributed by atoms with Crippen LogP contribution in [0.3, 0.4) is 0 Å².